The van der Waals surface area contributed by atoms with Gasteiger partial charge in [-0.05, 0) is 39.0 Å². The van der Waals surface area contributed by atoms with Crippen molar-refractivity contribution in [3.8, 4) is 0 Å². The van der Waals surface area contributed by atoms with Crippen LogP contribution in [0.25, 0.3) is 0 Å². The molecular formula is C18H33NO5S. The third kappa shape index (κ3) is 7.13. The van der Waals surface area contributed by atoms with Crippen molar-refractivity contribution in [1.29, 1.82) is 0 Å². The van der Waals surface area contributed by atoms with Gasteiger partial charge in [-0.15, -0.1) is 0 Å². The van der Waals surface area contributed by atoms with Gasteiger partial charge in [-0.25, -0.2) is 4.79 Å². The van der Waals surface area contributed by atoms with E-state index in [4.69, 9.17) is 8.92 Å². The van der Waals surface area contributed by atoms with Crippen LogP contribution < -0.4 is 0 Å². The highest BCUT2D eigenvalue weighted by Gasteiger charge is 2.36. The van der Waals surface area contributed by atoms with Crippen LogP contribution in [0.2, 0.25) is 0 Å². The minimum atomic E-state index is -3.47. The second-order valence-electron chi connectivity index (χ2n) is 8.63. The fourth-order valence-electron chi connectivity index (χ4n) is 4.01. The minimum Gasteiger partial charge on any atom is -0.444 e. The summed E-state index contributed by atoms with van der Waals surface area (Å²) in [5.41, 5.74) is -0.534. The Morgan fingerprint density at radius 1 is 1.08 bits per heavy atom. The van der Waals surface area contributed by atoms with Crippen LogP contribution in [-0.2, 0) is 19.0 Å². The molecule has 0 unspecified atom stereocenters. The Labute approximate surface area is 152 Å². The van der Waals surface area contributed by atoms with Crippen molar-refractivity contribution in [2.75, 3.05) is 26.0 Å². The first-order chi connectivity index (χ1) is 11.5. The molecule has 0 radical (unpaired) electrons. The number of ether oxygens (including phenoxy) is 1. The zero-order valence-corrected chi connectivity index (χ0v) is 16.8. The van der Waals surface area contributed by atoms with Crippen molar-refractivity contribution in [1.82, 2.24) is 4.90 Å². The molecule has 7 heteroatoms. The number of nitrogens with zero attached hydrogens (tertiary/aromatic N) is 1. The van der Waals surface area contributed by atoms with E-state index >= 15 is 0 Å². The largest absolute Gasteiger partial charge is 0.444 e. The van der Waals surface area contributed by atoms with E-state index in [2.05, 4.69) is 0 Å². The molecule has 2 atom stereocenters. The molecule has 1 saturated heterocycles. The van der Waals surface area contributed by atoms with Crippen LogP contribution in [0.1, 0.15) is 59.3 Å². The maximum atomic E-state index is 12.5. The van der Waals surface area contributed by atoms with Crippen LogP contribution in [0, 0.1) is 17.8 Å². The average Bonchev–Trinajstić information content (AvgIpc) is 2.51. The number of amides is 1. The molecule has 25 heavy (non-hydrogen) atoms. The Morgan fingerprint density at radius 2 is 1.72 bits per heavy atom. The van der Waals surface area contributed by atoms with E-state index in [9.17, 15) is 13.2 Å². The number of hydrogen-bond donors (Lipinski definition) is 0. The molecule has 2 rings (SSSR count). The van der Waals surface area contributed by atoms with Crippen molar-refractivity contribution in [2.24, 2.45) is 17.8 Å². The van der Waals surface area contributed by atoms with E-state index in [-0.39, 0.29) is 18.6 Å². The standard InChI is InChI=1S/C18H33NO5S/c1-18(2,3)24-17(20)19-11-14(13-23-25(4,21)22)10-16(12-19)15-8-6-5-7-9-15/h14-16H,5-13H2,1-4H3/t14-,16+/m1/s1. The second kappa shape index (κ2) is 8.25. The Kier molecular flexibility index (Phi) is 6.76. The lowest BCUT2D eigenvalue weighted by molar-refractivity contribution is -0.00163. The Hall–Kier alpha value is -0.820. The van der Waals surface area contributed by atoms with Gasteiger partial charge in [0.15, 0.2) is 0 Å². The fourth-order valence-corrected chi connectivity index (χ4v) is 4.45. The third-order valence-corrected chi connectivity index (χ3v) is 5.62. The molecule has 0 aromatic rings. The molecule has 0 aromatic carbocycles. The molecule has 0 N–H and O–H groups in total. The van der Waals surface area contributed by atoms with Crippen LogP contribution in [0.5, 0.6) is 0 Å². The highest BCUT2D eigenvalue weighted by Crippen LogP contribution is 2.37. The number of rotatable bonds is 4. The molecule has 1 saturated carbocycles. The van der Waals surface area contributed by atoms with Gasteiger partial charge in [-0.3, -0.25) is 4.18 Å². The topological polar surface area (TPSA) is 72.9 Å². The van der Waals surface area contributed by atoms with Crippen molar-refractivity contribution >= 4 is 16.2 Å². The van der Waals surface area contributed by atoms with E-state index in [0.29, 0.717) is 24.9 Å². The van der Waals surface area contributed by atoms with Gasteiger partial charge < -0.3 is 9.64 Å². The summed E-state index contributed by atoms with van der Waals surface area (Å²) in [6.07, 6.45) is 7.87. The molecule has 1 aliphatic carbocycles. The Bertz CT molecular complexity index is 548. The summed E-state index contributed by atoms with van der Waals surface area (Å²) in [5.74, 6) is 1.04. The van der Waals surface area contributed by atoms with E-state index in [0.717, 1.165) is 12.7 Å². The molecule has 1 aliphatic heterocycles. The van der Waals surface area contributed by atoms with Gasteiger partial charge in [0.25, 0.3) is 10.1 Å². The number of carbonyl (C=O) groups is 1. The van der Waals surface area contributed by atoms with Gasteiger partial charge >= 0.3 is 6.09 Å². The SMILES string of the molecule is CC(C)(C)OC(=O)N1C[C@H](COS(C)(=O)=O)C[C@H](C2CCCCC2)C1. The van der Waals surface area contributed by atoms with E-state index in [1.165, 1.54) is 32.1 Å². The maximum Gasteiger partial charge on any atom is 0.410 e. The lowest BCUT2D eigenvalue weighted by atomic mass is 9.74. The minimum absolute atomic E-state index is 0.0305. The number of carbonyl (C=O) groups excluding carboxylic acids is 1. The average molecular weight is 376 g/mol. The van der Waals surface area contributed by atoms with Crippen LogP contribution >= 0.6 is 0 Å². The van der Waals surface area contributed by atoms with Crippen molar-refractivity contribution < 1.29 is 22.1 Å². The summed E-state index contributed by atoms with van der Waals surface area (Å²) < 4.78 is 33.2. The van der Waals surface area contributed by atoms with Crippen LogP contribution in [0.15, 0.2) is 0 Å². The van der Waals surface area contributed by atoms with Gasteiger partial charge in [0.1, 0.15) is 5.60 Å². The highest BCUT2D eigenvalue weighted by atomic mass is 32.2. The smallest absolute Gasteiger partial charge is 0.410 e. The predicted octanol–water partition coefficient (Wildman–Crippen LogP) is 3.42. The van der Waals surface area contributed by atoms with Gasteiger partial charge in [-0.2, -0.15) is 8.42 Å². The second-order valence-corrected chi connectivity index (χ2v) is 10.3. The van der Waals surface area contributed by atoms with Gasteiger partial charge in [0.2, 0.25) is 0 Å². The molecule has 0 bridgehead atoms. The summed E-state index contributed by atoms with van der Waals surface area (Å²) in [6.45, 7) is 6.91. The fraction of sp³-hybridized carbons (Fsp3) is 0.944. The predicted molar refractivity (Wildman–Crippen MR) is 96.8 cm³/mol. The molecule has 2 fully saturated rings. The summed E-state index contributed by atoms with van der Waals surface area (Å²) in [7, 11) is -3.47. The van der Waals surface area contributed by atoms with Gasteiger partial charge in [0, 0.05) is 19.0 Å². The van der Waals surface area contributed by atoms with Gasteiger partial charge in [0.05, 0.1) is 12.9 Å². The molecule has 2 aliphatic rings. The molecule has 0 spiro atoms. The van der Waals surface area contributed by atoms with Crippen molar-refractivity contribution in [2.45, 2.75) is 64.9 Å². The summed E-state index contributed by atoms with van der Waals surface area (Å²) in [5, 5.41) is 0. The first kappa shape index (κ1) is 20.5. The molecular weight excluding hydrogens is 342 g/mol. The Morgan fingerprint density at radius 3 is 2.28 bits per heavy atom. The van der Waals surface area contributed by atoms with E-state index < -0.39 is 15.7 Å². The summed E-state index contributed by atoms with van der Waals surface area (Å²) in [4.78, 5) is 14.3. The first-order valence-electron chi connectivity index (χ1n) is 9.36. The quantitative estimate of drug-likeness (QED) is 0.704. The number of piperidine rings is 1. The lowest BCUT2D eigenvalue weighted by Crippen LogP contribution is -2.48. The highest BCUT2D eigenvalue weighted by molar-refractivity contribution is 7.85. The summed E-state index contributed by atoms with van der Waals surface area (Å²) in [6, 6.07) is 0. The maximum absolute atomic E-state index is 12.5. The lowest BCUT2D eigenvalue weighted by Gasteiger charge is -2.42. The zero-order chi connectivity index (χ0) is 18.7. The zero-order valence-electron chi connectivity index (χ0n) is 16.0. The first-order valence-corrected chi connectivity index (χ1v) is 11.2. The van der Waals surface area contributed by atoms with Crippen molar-refractivity contribution in [3.05, 3.63) is 0 Å². The van der Waals surface area contributed by atoms with Crippen LogP contribution in [0.4, 0.5) is 4.79 Å². The monoisotopic (exact) mass is 375 g/mol. The molecule has 1 amide bonds. The molecule has 6 nitrogen and oxygen atoms in total. The molecule has 1 heterocycles. The van der Waals surface area contributed by atoms with Crippen LogP contribution in [-0.4, -0.2) is 51.0 Å². The van der Waals surface area contributed by atoms with E-state index in [1.54, 1.807) is 4.90 Å². The number of likely N-dealkylation sites (tertiary alicyclic amines) is 1. The summed E-state index contributed by atoms with van der Waals surface area (Å²) >= 11 is 0. The van der Waals surface area contributed by atoms with Crippen molar-refractivity contribution in [3.63, 3.8) is 0 Å². The molecule has 0 aromatic heterocycles. The van der Waals surface area contributed by atoms with Gasteiger partial charge in [-0.1, -0.05) is 32.1 Å². The van der Waals surface area contributed by atoms with Crippen LogP contribution in [0.3, 0.4) is 0 Å². The normalized spacial score (nSPS) is 26.5. The third-order valence-electron chi connectivity index (χ3n) is 5.06. The number of hydrogen-bond acceptors (Lipinski definition) is 5. The van der Waals surface area contributed by atoms with E-state index in [1.807, 2.05) is 20.8 Å². The Balaban J connectivity index is 2.05. The molecule has 146 valence electrons.